The van der Waals surface area contributed by atoms with Crippen LogP contribution in [0.15, 0.2) is 29.2 Å². The van der Waals surface area contributed by atoms with E-state index in [-0.39, 0.29) is 11.5 Å². The van der Waals surface area contributed by atoms with Crippen molar-refractivity contribution < 1.29 is 26.5 Å². The lowest BCUT2D eigenvalue weighted by Gasteiger charge is -2.21. The second-order valence-corrected chi connectivity index (χ2v) is 5.93. The van der Waals surface area contributed by atoms with Gasteiger partial charge in [0, 0.05) is 6.42 Å². The van der Waals surface area contributed by atoms with Crippen molar-refractivity contribution in [2.24, 2.45) is 0 Å². The van der Waals surface area contributed by atoms with Gasteiger partial charge in [-0.3, -0.25) is 4.18 Å². The van der Waals surface area contributed by atoms with Gasteiger partial charge in [0.25, 0.3) is 10.1 Å². The second-order valence-electron chi connectivity index (χ2n) is 4.31. The van der Waals surface area contributed by atoms with Gasteiger partial charge in [-0.05, 0) is 31.2 Å². The largest absolute Gasteiger partial charge is 0.348 e. The zero-order valence-corrected chi connectivity index (χ0v) is 11.3. The molecule has 19 heavy (non-hydrogen) atoms. The van der Waals surface area contributed by atoms with Gasteiger partial charge in [-0.15, -0.1) is 0 Å². The molecule has 2 rings (SSSR count). The fourth-order valence-corrected chi connectivity index (χ4v) is 2.62. The molecule has 1 aliphatic heterocycles. The molecule has 7 heteroatoms. The summed E-state index contributed by atoms with van der Waals surface area (Å²) in [4.78, 5) is -0.0766. The van der Waals surface area contributed by atoms with Crippen molar-refractivity contribution in [3.05, 3.63) is 30.1 Å². The zero-order chi connectivity index (χ0) is 13.9. The smallest absolute Gasteiger partial charge is 0.296 e. The Morgan fingerprint density at radius 3 is 2.42 bits per heavy atom. The van der Waals surface area contributed by atoms with Gasteiger partial charge in [0.05, 0.1) is 24.7 Å². The molecule has 5 nitrogen and oxygen atoms in total. The molecule has 0 saturated carbocycles. The molecule has 0 bridgehead atoms. The van der Waals surface area contributed by atoms with Crippen LogP contribution in [0.4, 0.5) is 4.39 Å². The van der Waals surface area contributed by atoms with Gasteiger partial charge in [0.1, 0.15) is 5.82 Å². The normalized spacial score (nSPS) is 18.6. The van der Waals surface area contributed by atoms with E-state index in [1.54, 1.807) is 6.92 Å². The molecule has 0 atom stereocenters. The fourth-order valence-electron chi connectivity index (χ4n) is 1.71. The lowest BCUT2D eigenvalue weighted by Crippen LogP contribution is -2.27. The highest BCUT2D eigenvalue weighted by Crippen LogP contribution is 2.23. The first kappa shape index (κ1) is 14.4. The van der Waals surface area contributed by atoms with Crippen molar-refractivity contribution in [2.45, 2.75) is 24.0 Å². The number of halogens is 1. The van der Waals surface area contributed by atoms with Crippen molar-refractivity contribution in [1.29, 1.82) is 0 Å². The highest BCUT2D eigenvalue weighted by Gasteiger charge is 2.31. The molecular weight excluding hydrogens is 275 g/mol. The molecule has 1 saturated heterocycles. The molecule has 1 fully saturated rings. The summed E-state index contributed by atoms with van der Waals surface area (Å²) in [5, 5.41) is 0. The van der Waals surface area contributed by atoms with Crippen molar-refractivity contribution in [1.82, 2.24) is 0 Å². The van der Waals surface area contributed by atoms with Crippen LogP contribution in [0.5, 0.6) is 0 Å². The van der Waals surface area contributed by atoms with E-state index in [4.69, 9.17) is 13.7 Å². The Morgan fingerprint density at radius 2 is 1.84 bits per heavy atom. The number of benzene rings is 1. The van der Waals surface area contributed by atoms with Crippen LogP contribution in [0.1, 0.15) is 13.3 Å². The molecule has 0 amide bonds. The van der Waals surface area contributed by atoms with Crippen LogP contribution in [-0.2, 0) is 23.8 Å². The number of rotatable bonds is 5. The first-order valence-corrected chi connectivity index (χ1v) is 7.25. The summed E-state index contributed by atoms with van der Waals surface area (Å²) >= 11 is 0. The van der Waals surface area contributed by atoms with Gasteiger partial charge in [-0.2, -0.15) is 8.42 Å². The Morgan fingerprint density at radius 1 is 1.26 bits per heavy atom. The lowest BCUT2D eigenvalue weighted by atomic mass is 10.2. The zero-order valence-electron chi connectivity index (χ0n) is 10.5. The highest BCUT2D eigenvalue weighted by molar-refractivity contribution is 7.86. The fraction of sp³-hybridized carbons (Fsp3) is 0.500. The second kappa shape index (κ2) is 5.54. The maximum atomic E-state index is 12.7. The van der Waals surface area contributed by atoms with E-state index in [0.717, 1.165) is 24.3 Å². The third-order valence-corrected chi connectivity index (χ3v) is 4.12. The topological polar surface area (TPSA) is 61.8 Å². The SMILES string of the molecule is CC1(CCOS(=O)(=O)c2ccc(F)cc2)OCCO1. The molecule has 0 N–H and O–H groups in total. The lowest BCUT2D eigenvalue weighted by molar-refractivity contribution is -0.150. The summed E-state index contributed by atoms with van der Waals surface area (Å²) in [5.74, 6) is -1.29. The Balaban J connectivity index is 1.92. The van der Waals surface area contributed by atoms with Crippen LogP contribution in [0, 0.1) is 5.82 Å². The standard InChI is InChI=1S/C12H15FO5S/c1-12(16-8-9-17-12)6-7-18-19(14,15)11-4-2-10(13)3-5-11/h2-5H,6-9H2,1H3. The van der Waals surface area contributed by atoms with E-state index in [0.29, 0.717) is 19.6 Å². The van der Waals surface area contributed by atoms with Crippen LogP contribution in [0.2, 0.25) is 0 Å². The van der Waals surface area contributed by atoms with E-state index in [1.165, 1.54) is 0 Å². The van der Waals surface area contributed by atoms with Crippen LogP contribution in [0.25, 0.3) is 0 Å². The maximum absolute atomic E-state index is 12.7. The van der Waals surface area contributed by atoms with Crippen LogP contribution < -0.4 is 0 Å². The molecule has 0 spiro atoms. The predicted molar refractivity (Wildman–Crippen MR) is 64.5 cm³/mol. The third kappa shape index (κ3) is 3.73. The molecule has 0 aromatic heterocycles. The minimum atomic E-state index is -3.87. The van der Waals surface area contributed by atoms with Crippen LogP contribution >= 0.6 is 0 Å². The average molecular weight is 290 g/mol. The van der Waals surface area contributed by atoms with Gasteiger partial charge >= 0.3 is 0 Å². The molecular formula is C12H15FO5S. The van der Waals surface area contributed by atoms with Crippen LogP contribution in [0.3, 0.4) is 0 Å². The predicted octanol–water partition coefficient (Wildman–Crippen LogP) is 1.68. The van der Waals surface area contributed by atoms with E-state index in [9.17, 15) is 12.8 Å². The molecule has 106 valence electrons. The number of hydrogen-bond donors (Lipinski definition) is 0. The monoisotopic (exact) mass is 290 g/mol. The van der Waals surface area contributed by atoms with Crippen LogP contribution in [-0.4, -0.2) is 34.0 Å². The Bertz CT molecular complexity index is 520. The van der Waals surface area contributed by atoms with Crippen molar-refractivity contribution in [3.8, 4) is 0 Å². The number of ether oxygens (including phenoxy) is 2. The Labute approximate surface area is 111 Å². The average Bonchev–Trinajstić information content (AvgIpc) is 2.76. The molecule has 1 aromatic rings. The van der Waals surface area contributed by atoms with E-state index >= 15 is 0 Å². The molecule has 1 aliphatic rings. The summed E-state index contributed by atoms with van der Waals surface area (Å²) < 4.78 is 51.8. The summed E-state index contributed by atoms with van der Waals surface area (Å²) in [6.45, 7) is 2.65. The quantitative estimate of drug-likeness (QED) is 0.772. The van der Waals surface area contributed by atoms with Gasteiger partial charge in [-0.25, -0.2) is 4.39 Å². The molecule has 1 heterocycles. The van der Waals surface area contributed by atoms with Gasteiger partial charge in [-0.1, -0.05) is 0 Å². The molecule has 0 aliphatic carbocycles. The van der Waals surface area contributed by atoms with Gasteiger partial charge in [0.15, 0.2) is 5.79 Å². The maximum Gasteiger partial charge on any atom is 0.296 e. The Kier molecular flexibility index (Phi) is 4.19. The first-order valence-electron chi connectivity index (χ1n) is 5.84. The van der Waals surface area contributed by atoms with Crippen molar-refractivity contribution in [3.63, 3.8) is 0 Å². The molecule has 0 unspecified atom stereocenters. The minimum absolute atomic E-state index is 0.0593. The summed E-state index contributed by atoms with van der Waals surface area (Å²) in [5.41, 5.74) is 0. The van der Waals surface area contributed by atoms with Gasteiger partial charge in [0.2, 0.25) is 0 Å². The molecule has 0 radical (unpaired) electrons. The Hall–Kier alpha value is -1.02. The first-order chi connectivity index (χ1) is 8.91. The minimum Gasteiger partial charge on any atom is -0.348 e. The highest BCUT2D eigenvalue weighted by atomic mass is 32.2. The van der Waals surface area contributed by atoms with Crippen molar-refractivity contribution in [2.75, 3.05) is 19.8 Å². The third-order valence-electron chi connectivity index (χ3n) is 2.80. The summed E-state index contributed by atoms with van der Waals surface area (Å²) in [6, 6.07) is 4.46. The van der Waals surface area contributed by atoms with E-state index in [1.807, 2.05) is 0 Å². The van der Waals surface area contributed by atoms with Crippen molar-refractivity contribution >= 4 is 10.1 Å². The van der Waals surface area contributed by atoms with E-state index in [2.05, 4.69) is 0 Å². The summed E-state index contributed by atoms with van der Waals surface area (Å²) in [6.07, 6.45) is 0.299. The van der Waals surface area contributed by atoms with Gasteiger partial charge < -0.3 is 9.47 Å². The molecule has 1 aromatic carbocycles. The summed E-state index contributed by atoms with van der Waals surface area (Å²) in [7, 11) is -3.87. The number of hydrogen-bond acceptors (Lipinski definition) is 5. The van der Waals surface area contributed by atoms with E-state index < -0.39 is 21.7 Å².